The molecule has 0 heterocycles. The van der Waals surface area contributed by atoms with Gasteiger partial charge in [0.2, 0.25) is 10.0 Å². The van der Waals surface area contributed by atoms with E-state index in [0.29, 0.717) is 18.2 Å². The van der Waals surface area contributed by atoms with Crippen molar-refractivity contribution >= 4 is 21.6 Å². The van der Waals surface area contributed by atoms with Gasteiger partial charge in [0, 0.05) is 12.4 Å². The predicted octanol–water partition coefficient (Wildman–Crippen LogP) is 0.306. The lowest BCUT2D eigenvalue weighted by molar-refractivity contribution is 0.155. The van der Waals surface area contributed by atoms with Crippen LogP contribution in [0.3, 0.4) is 0 Å². The van der Waals surface area contributed by atoms with Crippen LogP contribution in [-0.2, 0) is 10.0 Å². The summed E-state index contributed by atoms with van der Waals surface area (Å²) in [7, 11) is -3.24. The highest BCUT2D eigenvalue weighted by atomic mass is 35.5. The molecule has 0 spiro atoms. The van der Waals surface area contributed by atoms with Crippen molar-refractivity contribution in [3.8, 4) is 0 Å². The summed E-state index contributed by atoms with van der Waals surface area (Å²) >= 11 is 5.39. The van der Waals surface area contributed by atoms with Crippen LogP contribution < -0.4 is 4.72 Å². The molecule has 0 radical (unpaired) electrons. The summed E-state index contributed by atoms with van der Waals surface area (Å²) in [5.41, 5.74) is 0. The number of hydrogen-bond donors (Lipinski definition) is 2. The molecule has 6 heteroatoms. The van der Waals surface area contributed by atoms with E-state index in [1.54, 1.807) is 0 Å². The van der Waals surface area contributed by atoms with E-state index in [1.165, 1.54) is 0 Å². The van der Waals surface area contributed by atoms with E-state index < -0.39 is 16.1 Å². The predicted molar refractivity (Wildman–Crippen MR) is 55.9 cm³/mol. The van der Waals surface area contributed by atoms with Gasteiger partial charge in [0.1, 0.15) is 0 Å². The Labute approximate surface area is 89.7 Å². The Balaban J connectivity index is 2.20. The minimum absolute atomic E-state index is 0.0356. The molecule has 1 rings (SSSR count). The summed E-state index contributed by atoms with van der Waals surface area (Å²) in [6.45, 7) is 0.134. The Morgan fingerprint density at radius 3 is 2.64 bits per heavy atom. The number of aliphatic hydroxyl groups excluding tert-OH is 1. The van der Waals surface area contributed by atoms with Crippen LogP contribution in [0.15, 0.2) is 0 Å². The van der Waals surface area contributed by atoms with Crippen molar-refractivity contribution in [2.45, 2.75) is 25.4 Å². The average molecular weight is 242 g/mol. The number of halogens is 1. The quantitative estimate of drug-likeness (QED) is 0.631. The first kappa shape index (κ1) is 12.2. The number of rotatable bonds is 7. The number of alkyl halides is 1. The molecule has 1 unspecified atom stereocenters. The largest absolute Gasteiger partial charge is 0.391 e. The number of nitrogens with one attached hydrogen (secondary N) is 1. The second-order valence-electron chi connectivity index (χ2n) is 3.61. The van der Waals surface area contributed by atoms with Gasteiger partial charge in [0.05, 0.1) is 11.9 Å². The molecule has 14 heavy (non-hydrogen) atoms. The highest BCUT2D eigenvalue weighted by Crippen LogP contribution is 2.32. The van der Waals surface area contributed by atoms with Crippen molar-refractivity contribution in [1.82, 2.24) is 4.72 Å². The summed E-state index contributed by atoms with van der Waals surface area (Å²) in [4.78, 5) is 0. The van der Waals surface area contributed by atoms with Gasteiger partial charge in [-0.1, -0.05) is 0 Å². The maximum Gasteiger partial charge on any atom is 0.211 e. The van der Waals surface area contributed by atoms with Crippen molar-refractivity contribution in [3.63, 3.8) is 0 Å². The molecular formula is C8H16ClNO3S. The number of sulfonamides is 1. The third-order valence-electron chi connectivity index (χ3n) is 2.23. The summed E-state index contributed by atoms with van der Waals surface area (Å²) in [6, 6.07) is 0. The van der Waals surface area contributed by atoms with Gasteiger partial charge >= 0.3 is 0 Å². The van der Waals surface area contributed by atoms with Crippen LogP contribution in [0.5, 0.6) is 0 Å². The summed E-state index contributed by atoms with van der Waals surface area (Å²) < 4.78 is 24.9. The molecule has 0 aromatic carbocycles. The summed E-state index contributed by atoms with van der Waals surface area (Å²) in [5.74, 6) is 0.672. The SMILES string of the molecule is O=S(=O)(CCCCl)NCC(O)C1CC1. The molecule has 1 saturated carbocycles. The van der Waals surface area contributed by atoms with Gasteiger partial charge < -0.3 is 5.11 Å². The molecule has 0 saturated heterocycles. The van der Waals surface area contributed by atoms with Crippen molar-refractivity contribution in [3.05, 3.63) is 0 Å². The van der Waals surface area contributed by atoms with Crippen LogP contribution in [0, 0.1) is 5.92 Å². The number of hydrogen-bond acceptors (Lipinski definition) is 3. The molecule has 0 amide bonds. The smallest absolute Gasteiger partial charge is 0.211 e. The minimum Gasteiger partial charge on any atom is -0.391 e. The highest BCUT2D eigenvalue weighted by molar-refractivity contribution is 7.89. The lowest BCUT2D eigenvalue weighted by Crippen LogP contribution is -2.34. The van der Waals surface area contributed by atoms with Crippen LogP contribution in [0.25, 0.3) is 0 Å². The van der Waals surface area contributed by atoms with E-state index in [-0.39, 0.29) is 12.3 Å². The van der Waals surface area contributed by atoms with Crippen LogP contribution in [0.4, 0.5) is 0 Å². The lowest BCUT2D eigenvalue weighted by Gasteiger charge is -2.10. The summed E-state index contributed by atoms with van der Waals surface area (Å²) in [5, 5.41) is 9.42. The van der Waals surface area contributed by atoms with Crippen molar-refractivity contribution < 1.29 is 13.5 Å². The zero-order chi connectivity index (χ0) is 10.6. The van der Waals surface area contributed by atoms with Gasteiger partial charge in [0.25, 0.3) is 0 Å². The number of aliphatic hydroxyl groups is 1. The monoisotopic (exact) mass is 241 g/mol. The highest BCUT2D eigenvalue weighted by Gasteiger charge is 2.30. The summed E-state index contributed by atoms with van der Waals surface area (Å²) in [6.07, 6.45) is 1.92. The normalized spacial score (nSPS) is 19.6. The maximum atomic E-state index is 11.3. The molecule has 1 atom stereocenters. The molecule has 4 nitrogen and oxygen atoms in total. The second-order valence-corrected chi connectivity index (χ2v) is 5.92. The molecule has 1 fully saturated rings. The first-order chi connectivity index (χ1) is 6.55. The fourth-order valence-electron chi connectivity index (χ4n) is 1.18. The molecular weight excluding hydrogens is 226 g/mol. The first-order valence-corrected chi connectivity index (χ1v) is 6.95. The fourth-order valence-corrected chi connectivity index (χ4v) is 2.56. The van der Waals surface area contributed by atoms with Gasteiger partial charge in [0.15, 0.2) is 0 Å². The topological polar surface area (TPSA) is 66.4 Å². The fraction of sp³-hybridized carbons (Fsp3) is 1.00. The standard InChI is InChI=1S/C8H16ClNO3S/c9-4-1-5-14(12,13)10-6-8(11)7-2-3-7/h7-8,10-11H,1-6H2. The van der Waals surface area contributed by atoms with Crippen LogP contribution in [0.2, 0.25) is 0 Å². The molecule has 0 aromatic heterocycles. The Morgan fingerprint density at radius 1 is 1.50 bits per heavy atom. The van der Waals surface area contributed by atoms with Crippen LogP contribution in [0.1, 0.15) is 19.3 Å². The van der Waals surface area contributed by atoms with Crippen LogP contribution >= 0.6 is 11.6 Å². The van der Waals surface area contributed by atoms with E-state index in [2.05, 4.69) is 4.72 Å². The average Bonchev–Trinajstić information content (AvgIpc) is 2.94. The van der Waals surface area contributed by atoms with Gasteiger partial charge in [-0.05, 0) is 25.2 Å². The molecule has 2 N–H and O–H groups in total. The Bertz CT molecular complexity index is 264. The third-order valence-corrected chi connectivity index (χ3v) is 3.93. The van der Waals surface area contributed by atoms with E-state index in [4.69, 9.17) is 11.6 Å². The van der Waals surface area contributed by atoms with E-state index >= 15 is 0 Å². The van der Waals surface area contributed by atoms with E-state index in [9.17, 15) is 13.5 Å². The van der Waals surface area contributed by atoms with Gasteiger partial charge in [-0.25, -0.2) is 13.1 Å². The Kier molecular flexibility index (Phi) is 4.63. The Hall–Kier alpha value is 0.160. The van der Waals surface area contributed by atoms with E-state index in [0.717, 1.165) is 12.8 Å². The van der Waals surface area contributed by atoms with Crippen molar-refractivity contribution in [1.29, 1.82) is 0 Å². The minimum atomic E-state index is -3.24. The molecule has 1 aliphatic rings. The zero-order valence-electron chi connectivity index (χ0n) is 7.95. The molecule has 0 aromatic rings. The zero-order valence-corrected chi connectivity index (χ0v) is 9.52. The molecule has 1 aliphatic carbocycles. The van der Waals surface area contributed by atoms with Gasteiger partial charge in [-0.15, -0.1) is 11.6 Å². The molecule has 0 bridgehead atoms. The molecule has 0 aliphatic heterocycles. The van der Waals surface area contributed by atoms with Crippen molar-refractivity contribution in [2.24, 2.45) is 5.92 Å². The third kappa shape index (κ3) is 4.59. The first-order valence-electron chi connectivity index (χ1n) is 4.76. The van der Waals surface area contributed by atoms with Gasteiger partial charge in [-0.2, -0.15) is 0 Å². The molecule has 84 valence electrons. The lowest BCUT2D eigenvalue weighted by atomic mass is 10.2. The maximum absolute atomic E-state index is 11.3. The van der Waals surface area contributed by atoms with Gasteiger partial charge in [-0.3, -0.25) is 0 Å². The Morgan fingerprint density at radius 2 is 2.14 bits per heavy atom. The second kappa shape index (κ2) is 5.30. The van der Waals surface area contributed by atoms with E-state index in [1.807, 2.05) is 0 Å². The van der Waals surface area contributed by atoms with Crippen molar-refractivity contribution in [2.75, 3.05) is 18.2 Å². The van der Waals surface area contributed by atoms with Crippen LogP contribution in [-0.4, -0.2) is 37.8 Å².